The second kappa shape index (κ2) is 8.07. The number of carbonyl (C=O) groups excluding carboxylic acids is 1. The summed E-state index contributed by atoms with van der Waals surface area (Å²) in [4.78, 5) is 36.0. The Morgan fingerprint density at radius 3 is 2.74 bits per heavy atom. The molecule has 1 N–H and O–H groups in total. The molecule has 1 aromatic heterocycles. The molecule has 1 heterocycles. The zero-order valence-corrected chi connectivity index (χ0v) is 10.8. The highest BCUT2D eigenvalue weighted by Gasteiger charge is 2.00. The second-order valence-corrected chi connectivity index (χ2v) is 4.06. The van der Waals surface area contributed by atoms with E-state index in [0.29, 0.717) is 13.2 Å². The molecule has 0 spiro atoms. The first-order valence-corrected chi connectivity index (χ1v) is 6.23. The molecule has 0 amide bonds. The van der Waals surface area contributed by atoms with Crippen LogP contribution in [0.3, 0.4) is 0 Å². The minimum Gasteiger partial charge on any atom is -0.463 e. The lowest BCUT2D eigenvalue weighted by molar-refractivity contribution is -0.137. The number of aromatic nitrogens is 2. The lowest BCUT2D eigenvalue weighted by atomic mass is 10.2. The predicted molar refractivity (Wildman–Crippen MR) is 70.9 cm³/mol. The van der Waals surface area contributed by atoms with Crippen molar-refractivity contribution in [1.82, 2.24) is 9.55 Å². The molecule has 0 fully saturated rings. The molecule has 6 nitrogen and oxygen atoms in total. The Hall–Kier alpha value is -2.11. The van der Waals surface area contributed by atoms with Gasteiger partial charge in [-0.15, -0.1) is 0 Å². The van der Waals surface area contributed by atoms with Crippen LogP contribution in [0, 0.1) is 0 Å². The summed E-state index contributed by atoms with van der Waals surface area (Å²) < 4.78 is 6.01. The van der Waals surface area contributed by atoms with E-state index < -0.39 is 5.97 Å². The standard InChI is InChI=1S/C13H18N2O4/c1-2-12(17)19-10-6-4-3-5-9-15-11(16)7-8-14-13(15)18/h2,7-8H,1,3-6,9-10H2,(H,14,18). The summed E-state index contributed by atoms with van der Waals surface area (Å²) in [6.07, 6.45) is 5.72. The maximum absolute atomic E-state index is 11.4. The molecule has 0 unspecified atom stereocenters. The molecule has 6 heteroatoms. The van der Waals surface area contributed by atoms with Crippen molar-refractivity contribution in [3.05, 3.63) is 45.8 Å². The Morgan fingerprint density at radius 1 is 1.32 bits per heavy atom. The summed E-state index contributed by atoms with van der Waals surface area (Å²) in [6, 6.07) is 1.33. The summed E-state index contributed by atoms with van der Waals surface area (Å²) in [5.74, 6) is -0.414. The molecule has 0 saturated heterocycles. The maximum atomic E-state index is 11.4. The molecule has 0 aliphatic carbocycles. The molecule has 19 heavy (non-hydrogen) atoms. The van der Waals surface area contributed by atoms with E-state index in [-0.39, 0.29) is 11.2 Å². The molecule has 0 atom stereocenters. The van der Waals surface area contributed by atoms with Crippen molar-refractivity contribution < 1.29 is 9.53 Å². The van der Waals surface area contributed by atoms with Crippen LogP contribution < -0.4 is 11.2 Å². The smallest absolute Gasteiger partial charge is 0.330 e. The first-order chi connectivity index (χ1) is 9.15. The molecule has 0 aliphatic rings. The van der Waals surface area contributed by atoms with Gasteiger partial charge in [-0.05, 0) is 19.3 Å². The van der Waals surface area contributed by atoms with E-state index >= 15 is 0 Å². The summed E-state index contributed by atoms with van der Waals surface area (Å²) >= 11 is 0. The Kier molecular flexibility index (Phi) is 6.35. The third-order valence-corrected chi connectivity index (χ3v) is 2.63. The number of rotatable bonds is 8. The van der Waals surface area contributed by atoms with Gasteiger partial charge in [-0.1, -0.05) is 13.0 Å². The van der Waals surface area contributed by atoms with E-state index in [0.717, 1.165) is 31.8 Å². The number of unbranched alkanes of at least 4 members (excludes halogenated alkanes) is 3. The van der Waals surface area contributed by atoms with Crippen LogP contribution in [0.15, 0.2) is 34.5 Å². The number of nitrogens with one attached hydrogen (secondary N) is 1. The quantitative estimate of drug-likeness (QED) is 0.429. The average molecular weight is 266 g/mol. The van der Waals surface area contributed by atoms with Crippen LogP contribution in [-0.2, 0) is 16.1 Å². The Morgan fingerprint density at radius 2 is 2.05 bits per heavy atom. The number of H-pyrrole nitrogens is 1. The van der Waals surface area contributed by atoms with Crippen LogP contribution >= 0.6 is 0 Å². The topological polar surface area (TPSA) is 81.2 Å². The van der Waals surface area contributed by atoms with Gasteiger partial charge in [-0.25, -0.2) is 9.59 Å². The highest BCUT2D eigenvalue weighted by atomic mass is 16.5. The van der Waals surface area contributed by atoms with Gasteiger partial charge < -0.3 is 9.72 Å². The number of hydrogen-bond acceptors (Lipinski definition) is 4. The van der Waals surface area contributed by atoms with Crippen molar-refractivity contribution in [3.8, 4) is 0 Å². The van der Waals surface area contributed by atoms with Crippen LogP contribution in [0.4, 0.5) is 0 Å². The molecule has 0 bridgehead atoms. The van der Waals surface area contributed by atoms with Gasteiger partial charge in [0.25, 0.3) is 5.56 Å². The van der Waals surface area contributed by atoms with Gasteiger partial charge >= 0.3 is 11.7 Å². The number of hydrogen-bond donors (Lipinski definition) is 1. The first kappa shape index (κ1) is 14.9. The van der Waals surface area contributed by atoms with Crippen molar-refractivity contribution in [2.45, 2.75) is 32.2 Å². The van der Waals surface area contributed by atoms with Gasteiger partial charge in [-0.2, -0.15) is 0 Å². The van der Waals surface area contributed by atoms with E-state index in [1.807, 2.05) is 0 Å². The molecular formula is C13H18N2O4. The zero-order chi connectivity index (χ0) is 14.1. The molecule has 0 saturated carbocycles. The minimum absolute atomic E-state index is 0.288. The van der Waals surface area contributed by atoms with Gasteiger partial charge in [0.05, 0.1) is 6.61 Å². The molecule has 0 radical (unpaired) electrons. The third kappa shape index (κ3) is 5.37. The van der Waals surface area contributed by atoms with Crippen molar-refractivity contribution in [2.24, 2.45) is 0 Å². The van der Waals surface area contributed by atoms with Crippen LogP contribution in [0.5, 0.6) is 0 Å². The Balaban J connectivity index is 2.18. The number of nitrogens with zero attached hydrogens (tertiary/aromatic N) is 1. The molecule has 104 valence electrons. The predicted octanol–water partition coefficient (Wildman–Crippen LogP) is 0.826. The van der Waals surface area contributed by atoms with Gasteiger partial charge in [0.15, 0.2) is 0 Å². The summed E-state index contributed by atoms with van der Waals surface area (Å²) in [5, 5.41) is 0. The highest BCUT2D eigenvalue weighted by molar-refractivity contribution is 5.81. The molecular weight excluding hydrogens is 248 g/mol. The van der Waals surface area contributed by atoms with E-state index in [9.17, 15) is 14.4 Å². The average Bonchev–Trinajstić information content (AvgIpc) is 2.40. The lowest BCUT2D eigenvalue weighted by Gasteiger charge is -2.04. The van der Waals surface area contributed by atoms with Gasteiger partial charge in [0.2, 0.25) is 0 Å². The van der Waals surface area contributed by atoms with Crippen molar-refractivity contribution >= 4 is 5.97 Å². The number of aromatic amines is 1. The first-order valence-electron chi connectivity index (χ1n) is 6.23. The van der Waals surface area contributed by atoms with Crippen molar-refractivity contribution in [2.75, 3.05) is 6.61 Å². The summed E-state index contributed by atoms with van der Waals surface area (Å²) in [6.45, 7) is 4.08. The van der Waals surface area contributed by atoms with Gasteiger partial charge in [-0.3, -0.25) is 9.36 Å². The second-order valence-electron chi connectivity index (χ2n) is 4.06. The monoisotopic (exact) mass is 266 g/mol. The summed E-state index contributed by atoms with van der Waals surface area (Å²) in [5.41, 5.74) is -0.670. The van der Waals surface area contributed by atoms with E-state index in [2.05, 4.69) is 11.6 Å². The minimum atomic E-state index is -0.414. The molecule has 1 aromatic rings. The molecule has 1 rings (SSSR count). The van der Waals surface area contributed by atoms with Crippen LogP contribution in [0.2, 0.25) is 0 Å². The van der Waals surface area contributed by atoms with Crippen LogP contribution in [0.25, 0.3) is 0 Å². The zero-order valence-electron chi connectivity index (χ0n) is 10.8. The van der Waals surface area contributed by atoms with Crippen LogP contribution in [-0.4, -0.2) is 22.1 Å². The fraction of sp³-hybridized carbons (Fsp3) is 0.462. The largest absolute Gasteiger partial charge is 0.463 e. The fourth-order valence-corrected chi connectivity index (χ4v) is 1.62. The normalized spacial score (nSPS) is 10.1. The number of esters is 1. The third-order valence-electron chi connectivity index (χ3n) is 2.63. The Bertz CT molecular complexity index is 502. The molecule has 0 aromatic carbocycles. The molecule has 0 aliphatic heterocycles. The SMILES string of the molecule is C=CC(=O)OCCCCCCn1c(=O)cc[nH]c1=O. The van der Waals surface area contributed by atoms with E-state index in [4.69, 9.17) is 4.74 Å². The van der Waals surface area contributed by atoms with E-state index in [1.54, 1.807) is 0 Å². The lowest BCUT2D eigenvalue weighted by Crippen LogP contribution is -2.33. The van der Waals surface area contributed by atoms with Crippen molar-refractivity contribution in [3.63, 3.8) is 0 Å². The van der Waals surface area contributed by atoms with Gasteiger partial charge in [0.1, 0.15) is 0 Å². The van der Waals surface area contributed by atoms with Crippen molar-refractivity contribution in [1.29, 1.82) is 0 Å². The van der Waals surface area contributed by atoms with E-state index in [1.165, 1.54) is 16.8 Å². The van der Waals surface area contributed by atoms with Gasteiger partial charge in [0, 0.05) is 24.9 Å². The number of ether oxygens (including phenoxy) is 1. The Labute approximate surface area is 110 Å². The maximum Gasteiger partial charge on any atom is 0.330 e. The summed E-state index contributed by atoms with van der Waals surface area (Å²) in [7, 11) is 0. The number of carbonyl (C=O) groups is 1. The highest BCUT2D eigenvalue weighted by Crippen LogP contribution is 2.01. The fourth-order valence-electron chi connectivity index (χ4n) is 1.62. The van der Waals surface area contributed by atoms with Crippen LogP contribution in [0.1, 0.15) is 25.7 Å².